The maximum absolute atomic E-state index is 13.0. The van der Waals surface area contributed by atoms with E-state index in [0.717, 1.165) is 18.4 Å². The van der Waals surface area contributed by atoms with Crippen LogP contribution < -0.4 is 5.32 Å². The average molecular weight is 363 g/mol. The number of carbonyl (C=O) groups is 1. The number of sulfonamides is 1. The minimum absolute atomic E-state index is 0. The summed E-state index contributed by atoms with van der Waals surface area (Å²) in [6, 6.07) is 4.66. The summed E-state index contributed by atoms with van der Waals surface area (Å²) in [5, 5.41) is 3.02. The first-order chi connectivity index (χ1) is 10.4. The second-order valence-electron chi connectivity index (χ2n) is 5.46. The Morgan fingerprint density at radius 1 is 1.43 bits per heavy atom. The minimum Gasteiger partial charge on any atom is -0.465 e. The number of rotatable bonds is 5. The van der Waals surface area contributed by atoms with Crippen LogP contribution in [0.3, 0.4) is 0 Å². The van der Waals surface area contributed by atoms with Crippen molar-refractivity contribution in [3.63, 3.8) is 0 Å². The van der Waals surface area contributed by atoms with Crippen LogP contribution in [0.4, 0.5) is 0 Å². The first-order valence-corrected chi connectivity index (χ1v) is 8.71. The summed E-state index contributed by atoms with van der Waals surface area (Å²) >= 11 is 0. The van der Waals surface area contributed by atoms with Gasteiger partial charge < -0.3 is 10.1 Å². The van der Waals surface area contributed by atoms with E-state index in [0.29, 0.717) is 13.1 Å². The third-order valence-corrected chi connectivity index (χ3v) is 5.90. The van der Waals surface area contributed by atoms with E-state index in [-0.39, 0.29) is 28.9 Å². The molecule has 1 atom stereocenters. The fourth-order valence-corrected chi connectivity index (χ4v) is 4.68. The monoisotopic (exact) mass is 362 g/mol. The van der Waals surface area contributed by atoms with E-state index in [4.69, 9.17) is 4.74 Å². The molecule has 0 bridgehead atoms. The normalized spacial score (nSPS) is 18.5. The van der Waals surface area contributed by atoms with Gasteiger partial charge in [-0.3, -0.25) is 0 Å². The van der Waals surface area contributed by atoms with Crippen molar-refractivity contribution in [3.8, 4) is 0 Å². The van der Waals surface area contributed by atoms with E-state index in [2.05, 4.69) is 5.32 Å². The Balaban J connectivity index is 0.00000264. The van der Waals surface area contributed by atoms with Gasteiger partial charge in [-0.25, -0.2) is 13.2 Å². The summed E-state index contributed by atoms with van der Waals surface area (Å²) in [6.07, 6.45) is 1.64. The second-order valence-corrected chi connectivity index (χ2v) is 7.32. The highest BCUT2D eigenvalue weighted by Gasteiger charge is 2.37. The molecule has 8 heteroatoms. The van der Waals surface area contributed by atoms with Crippen LogP contribution in [-0.2, 0) is 14.8 Å². The fraction of sp³-hybridized carbons (Fsp3) is 0.533. The third kappa shape index (κ3) is 4.03. The molecule has 2 rings (SSSR count). The Morgan fingerprint density at radius 2 is 2.13 bits per heavy atom. The molecule has 130 valence electrons. The van der Waals surface area contributed by atoms with Crippen molar-refractivity contribution in [3.05, 3.63) is 29.3 Å². The van der Waals surface area contributed by atoms with Crippen molar-refractivity contribution in [2.24, 2.45) is 0 Å². The fourth-order valence-electron chi connectivity index (χ4n) is 2.83. The van der Waals surface area contributed by atoms with Gasteiger partial charge in [0.15, 0.2) is 0 Å². The van der Waals surface area contributed by atoms with Gasteiger partial charge in [-0.05, 0) is 38.9 Å². The smallest absolute Gasteiger partial charge is 0.339 e. The zero-order chi connectivity index (χ0) is 16.3. The quantitative estimate of drug-likeness (QED) is 0.805. The van der Waals surface area contributed by atoms with Gasteiger partial charge in [0.05, 0.1) is 17.6 Å². The number of benzene rings is 1. The summed E-state index contributed by atoms with van der Waals surface area (Å²) < 4.78 is 32.1. The van der Waals surface area contributed by atoms with Crippen molar-refractivity contribution in [2.45, 2.75) is 30.7 Å². The molecule has 0 amide bonds. The molecular formula is C15H23ClN2O4S. The highest BCUT2D eigenvalue weighted by molar-refractivity contribution is 7.89. The number of halogens is 1. The number of likely N-dealkylation sites (N-methyl/N-ethyl adjacent to an activating group) is 1. The summed E-state index contributed by atoms with van der Waals surface area (Å²) in [6.45, 7) is 2.88. The van der Waals surface area contributed by atoms with Gasteiger partial charge in [0.1, 0.15) is 0 Å². The minimum atomic E-state index is -3.72. The Labute approximate surface area is 143 Å². The first-order valence-electron chi connectivity index (χ1n) is 7.27. The van der Waals surface area contributed by atoms with Crippen LogP contribution in [0, 0.1) is 6.92 Å². The lowest BCUT2D eigenvalue weighted by atomic mass is 10.1. The number of nitrogens with zero attached hydrogens (tertiary/aromatic N) is 1. The maximum Gasteiger partial charge on any atom is 0.339 e. The largest absolute Gasteiger partial charge is 0.465 e. The number of methoxy groups -OCH3 is 1. The van der Waals surface area contributed by atoms with E-state index in [1.165, 1.54) is 17.5 Å². The van der Waals surface area contributed by atoms with E-state index < -0.39 is 16.0 Å². The van der Waals surface area contributed by atoms with Gasteiger partial charge in [-0.1, -0.05) is 11.6 Å². The Morgan fingerprint density at radius 3 is 2.74 bits per heavy atom. The van der Waals surface area contributed by atoms with E-state index in [1.54, 1.807) is 19.2 Å². The number of hydrogen-bond acceptors (Lipinski definition) is 5. The molecular weight excluding hydrogens is 340 g/mol. The molecule has 0 aliphatic carbocycles. The van der Waals surface area contributed by atoms with Gasteiger partial charge >= 0.3 is 5.97 Å². The summed E-state index contributed by atoms with van der Waals surface area (Å²) in [5.74, 6) is -0.633. The lowest BCUT2D eigenvalue weighted by Gasteiger charge is -2.24. The first kappa shape index (κ1) is 19.9. The van der Waals surface area contributed by atoms with Gasteiger partial charge in [-0.2, -0.15) is 4.31 Å². The molecule has 0 radical (unpaired) electrons. The highest BCUT2D eigenvalue weighted by atomic mass is 35.5. The molecule has 1 aromatic rings. The van der Waals surface area contributed by atoms with Crippen LogP contribution >= 0.6 is 12.4 Å². The van der Waals surface area contributed by atoms with Crippen molar-refractivity contribution >= 4 is 28.4 Å². The molecule has 6 nitrogen and oxygen atoms in total. The molecule has 1 aliphatic heterocycles. The lowest BCUT2D eigenvalue weighted by Crippen LogP contribution is -2.41. The van der Waals surface area contributed by atoms with Crippen LogP contribution in [0.5, 0.6) is 0 Å². The SMILES string of the molecule is CNCC1CCCN1S(=O)(=O)c1ccc(C)cc1C(=O)OC.Cl. The predicted octanol–water partition coefficient (Wildman–Crippen LogP) is 1.58. The number of carbonyl (C=O) groups excluding carboxylic acids is 1. The summed E-state index contributed by atoms with van der Waals surface area (Å²) in [7, 11) is -0.669. The Kier molecular flexibility index (Phi) is 7.01. The van der Waals surface area contributed by atoms with Crippen LogP contribution in [0.2, 0.25) is 0 Å². The Bertz CT molecular complexity index is 663. The third-order valence-electron chi connectivity index (χ3n) is 3.89. The summed E-state index contributed by atoms with van der Waals surface area (Å²) in [4.78, 5) is 12.0. The summed E-state index contributed by atoms with van der Waals surface area (Å²) in [5.41, 5.74) is 0.908. The highest BCUT2D eigenvalue weighted by Crippen LogP contribution is 2.28. The molecule has 1 saturated heterocycles. The molecule has 1 fully saturated rings. The molecule has 0 saturated carbocycles. The number of esters is 1. The Hall–Kier alpha value is -1.15. The molecule has 1 aromatic carbocycles. The van der Waals surface area contributed by atoms with E-state index in [1.807, 2.05) is 6.92 Å². The molecule has 1 heterocycles. The average Bonchev–Trinajstić information content (AvgIpc) is 2.95. The lowest BCUT2D eigenvalue weighted by molar-refractivity contribution is 0.0596. The van der Waals surface area contributed by atoms with E-state index >= 15 is 0 Å². The van der Waals surface area contributed by atoms with Crippen LogP contribution in [0.15, 0.2) is 23.1 Å². The molecule has 0 spiro atoms. The van der Waals surface area contributed by atoms with Gasteiger partial charge in [0, 0.05) is 19.1 Å². The van der Waals surface area contributed by atoms with Crippen LogP contribution in [-0.4, -0.2) is 52.0 Å². The molecule has 23 heavy (non-hydrogen) atoms. The second kappa shape index (κ2) is 8.10. The van der Waals surface area contributed by atoms with Gasteiger partial charge in [0.2, 0.25) is 10.0 Å². The van der Waals surface area contributed by atoms with Gasteiger partial charge in [-0.15, -0.1) is 12.4 Å². The number of nitrogens with one attached hydrogen (secondary N) is 1. The van der Waals surface area contributed by atoms with Crippen molar-refractivity contribution in [1.82, 2.24) is 9.62 Å². The van der Waals surface area contributed by atoms with Crippen molar-refractivity contribution in [2.75, 3.05) is 27.2 Å². The molecule has 1 N–H and O–H groups in total. The van der Waals surface area contributed by atoms with Crippen molar-refractivity contribution in [1.29, 1.82) is 0 Å². The maximum atomic E-state index is 13.0. The standard InChI is InChI=1S/C15H22N2O4S.ClH/c1-11-6-7-14(13(9-11)15(18)21-3)22(19,20)17-8-4-5-12(17)10-16-2;/h6-7,9,12,16H,4-5,8,10H2,1-3H3;1H. The van der Waals surface area contributed by atoms with Crippen molar-refractivity contribution < 1.29 is 17.9 Å². The van der Waals surface area contributed by atoms with E-state index in [9.17, 15) is 13.2 Å². The van der Waals surface area contributed by atoms with Gasteiger partial charge in [0.25, 0.3) is 0 Å². The molecule has 1 aliphatic rings. The number of ether oxygens (including phenoxy) is 1. The zero-order valence-corrected chi connectivity index (χ0v) is 15.2. The predicted molar refractivity (Wildman–Crippen MR) is 90.6 cm³/mol. The number of aryl methyl sites for hydroxylation is 1. The number of hydrogen-bond donors (Lipinski definition) is 1. The molecule has 1 unspecified atom stereocenters. The van der Waals surface area contributed by atoms with Crippen LogP contribution in [0.25, 0.3) is 0 Å². The molecule has 0 aromatic heterocycles. The zero-order valence-electron chi connectivity index (χ0n) is 13.5. The topological polar surface area (TPSA) is 75.7 Å². The van der Waals surface area contributed by atoms with Crippen LogP contribution in [0.1, 0.15) is 28.8 Å².